The van der Waals surface area contributed by atoms with Crippen molar-refractivity contribution in [2.24, 2.45) is 0 Å². The number of nitrogens with zero attached hydrogens (tertiary/aromatic N) is 1. The van der Waals surface area contributed by atoms with Gasteiger partial charge in [0, 0.05) is 25.2 Å². The molecule has 15 heavy (non-hydrogen) atoms. The third-order valence-electron chi connectivity index (χ3n) is 2.23. The Balaban J connectivity index is 4.33. The molecule has 0 heterocycles. The number of alkyl halides is 1. The molecule has 0 aliphatic heterocycles. The van der Waals surface area contributed by atoms with Gasteiger partial charge in [-0.15, -0.1) is 11.6 Å². The maximum absolute atomic E-state index is 11.6. The first-order valence-corrected chi connectivity index (χ1v) is 7.13. The van der Waals surface area contributed by atoms with Crippen molar-refractivity contribution in [2.75, 3.05) is 19.8 Å². The van der Waals surface area contributed by atoms with Crippen molar-refractivity contribution in [2.45, 2.75) is 30.9 Å². The van der Waals surface area contributed by atoms with Crippen molar-refractivity contribution in [3.05, 3.63) is 0 Å². The third-order valence-corrected chi connectivity index (χ3v) is 3.93. The number of carbonyl (C=O) groups is 1. The van der Waals surface area contributed by atoms with Crippen LogP contribution in [0.4, 0.5) is 0 Å². The van der Waals surface area contributed by atoms with Gasteiger partial charge < -0.3 is 4.90 Å². The molecule has 0 bridgehead atoms. The first-order chi connectivity index (χ1) is 6.66. The summed E-state index contributed by atoms with van der Waals surface area (Å²) in [4.78, 5) is 13.0. The SMILES string of the molecule is CC(Cl)CCN(C)C(=O)C(C)S(C)(=O)=O. The fraction of sp³-hybridized carbons (Fsp3) is 0.889. The molecule has 1 amide bonds. The summed E-state index contributed by atoms with van der Waals surface area (Å²) in [5.74, 6) is -0.380. The molecule has 4 nitrogen and oxygen atoms in total. The summed E-state index contributed by atoms with van der Waals surface area (Å²) in [5, 5.41) is -0.998. The summed E-state index contributed by atoms with van der Waals surface area (Å²) in [6.45, 7) is 3.71. The molecule has 0 aromatic rings. The van der Waals surface area contributed by atoms with Crippen LogP contribution in [0.2, 0.25) is 0 Å². The van der Waals surface area contributed by atoms with Gasteiger partial charge in [-0.1, -0.05) is 0 Å². The highest BCUT2D eigenvalue weighted by Gasteiger charge is 2.26. The number of rotatable bonds is 5. The third kappa shape index (κ3) is 5.37. The lowest BCUT2D eigenvalue weighted by molar-refractivity contribution is -0.129. The zero-order valence-electron chi connectivity index (χ0n) is 9.53. The fourth-order valence-corrected chi connectivity index (χ4v) is 1.62. The molecule has 0 rings (SSSR count). The number of hydrogen-bond acceptors (Lipinski definition) is 3. The average Bonchev–Trinajstić information content (AvgIpc) is 2.10. The monoisotopic (exact) mass is 255 g/mol. The second-order valence-electron chi connectivity index (χ2n) is 3.80. The van der Waals surface area contributed by atoms with E-state index in [1.165, 1.54) is 11.8 Å². The molecule has 0 aromatic carbocycles. The fourth-order valence-electron chi connectivity index (χ4n) is 0.975. The molecule has 2 atom stereocenters. The largest absolute Gasteiger partial charge is 0.345 e. The first kappa shape index (κ1) is 14.7. The summed E-state index contributed by atoms with van der Waals surface area (Å²) in [6, 6.07) is 0. The highest BCUT2D eigenvalue weighted by molar-refractivity contribution is 7.92. The Hall–Kier alpha value is -0.290. The molecule has 2 unspecified atom stereocenters. The molecular weight excluding hydrogens is 238 g/mol. The van der Waals surface area contributed by atoms with Crippen molar-refractivity contribution in [3.8, 4) is 0 Å². The van der Waals surface area contributed by atoms with Crippen LogP contribution in [0, 0.1) is 0 Å². The lowest BCUT2D eigenvalue weighted by atomic mass is 10.3. The van der Waals surface area contributed by atoms with Crippen LogP contribution in [0.3, 0.4) is 0 Å². The standard InChI is InChI=1S/C9H18ClNO3S/c1-7(10)5-6-11(3)9(12)8(2)15(4,13)14/h7-8H,5-6H2,1-4H3. The molecule has 0 radical (unpaired) electrons. The Morgan fingerprint density at radius 1 is 1.40 bits per heavy atom. The molecule has 0 saturated heterocycles. The molecule has 0 fully saturated rings. The van der Waals surface area contributed by atoms with Crippen molar-refractivity contribution in [1.29, 1.82) is 0 Å². The maximum atomic E-state index is 11.6. The highest BCUT2D eigenvalue weighted by Crippen LogP contribution is 2.06. The van der Waals surface area contributed by atoms with E-state index in [2.05, 4.69) is 0 Å². The van der Waals surface area contributed by atoms with Crippen molar-refractivity contribution >= 4 is 27.3 Å². The molecule has 0 saturated carbocycles. The second kappa shape index (κ2) is 5.70. The van der Waals surface area contributed by atoms with Crippen LogP contribution < -0.4 is 0 Å². The van der Waals surface area contributed by atoms with E-state index in [0.717, 1.165) is 6.26 Å². The van der Waals surface area contributed by atoms with E-state index >= 15 is 0 Å². The Kier molecular flexibility index (Phi) is 5.59. The first-order valence-electron chi connectivity index (χ1n) is 4.74. The van der Waals surface area contributed by atoms with E-state index in [0.29, 0.717) is 13.0 Å². The lowest BCUT2D eigenvalue weighted by Gasteiger charge is -2.20. The zero-order valence-corrected chi connectivity index (χ0v) is 11.1. The number of halogens is 1. The maximum Gasteiger partial charge on any atom is 0.240 e. The molecule has 0 aliphatic rings. The van der Waals surface area contributed by atoms with Crippen molar-refractivity contribution < 1.29 is 13.2 Å². The predicted octanol–water partition coefficient (Wildman–Crippen LogP) is 0.895. The molecule has 0 N–H and O–H groups in total. The van der Waals surface area contributed by atoms with E-state index in [4.69, 9.17) is 11.6 Å². The number of sulfone groups is 1. The summed E-state index contributed by atoms with van der Waals surface area (Å²) >= 11 is 5.74. The minimum atomic E-state index is -3.31. The molecular formula is C9H18ClNO3S. The van der Waals surface area contributed by atoms with Gasteiger partial charge in [-0.25, -0.2) is 8.42 Å². The minimum Gasteiger partial charge on any atom is -0.345 e. The van der Waals surface area contributed by atoms with Gasteiger partial charge in [-0.3, -0.25) is 4.79 Å². The van der Waals surface area contributed by atoms with Gasteiger partial charge in [-0.2, -0.15) is 0 Å². The number of amides is 1. The lowest BCUT2D eigenvalue weighted by Crippen LogP contribution is -2.39. The Morgan fingerprint density at radius 3 is 2.20 bits per heavy atom. The Labute approximate surface area is 96.5 Å². The molecule has 0 aliphatic carbocycles. The summed E-state index contributed by atoms with van der Waals surface area (Å²) in [7, 11) is -1.72. The molecule has 0 spiro atoms. The molecule has 90 valence electrons. The van der Waals surface area contributed by atoms with Crippen molar-refractivity contribution in [3.63, 3.8) is 0 Å². The van der Waals surface area contributed by atoms with Gasteiger partial charge in [-0.05, 0) is 20.3 Å². The molecule has 0 aromatic heterocycles. The van der Waals surface area contributed by atoms with E-state index in [1.54, 1.807) is 7.05 Å². The number of carbonyl (C=O) groups excluding carboxylic acids is 1. The van der Waals surface area contributed by atoms with Gasteiger partial charge in [0.1, 0.15) is 5.25 Å². The topological polar surface area (TPSA) is 54.5 Å². The summed E-state index contributed by atoms with van der Waals surface area (Å²) in [5.41, 5.74) is 0. The second-order valence-corrected chi connectivity index (χ2v) is 6.91. The summed E-state index contributed by atoms with van der Waals surface area (Å²) in [6.07, 6.45) is 1.72. The highest BCUT2D eigenvalue weighted by atomic mass is 35.5. The van der Waals surface area contributed by atoms with Gasteiger partial charge >= 0.3 is 0 Å². The van der Waals surface area contributed by atoms with E-state index in [9.17, 15) is 13.2 Å². The average molecular weight is 256 g/mol. The number of hydrogen-bond donors (Lipinski definition) is 0. The van der Waals surface area contributed by atoms with Crippen LogP contribution in [0.1, 0.15) is 20.3 Å². The van der Waals surface area contributed by atoms with Gasteiger partial charge in [0.25, 0.3) is 0 Å². The Bertz CT molecular complexity index is 313. The van der Waals surface area contributed by atoms with Crippen LogP contribution in [0.15, 0.2) is 0 Å². The summed E-state index contributed by atoms with van der Waals surface area (Å²) < 4.78 is 22.3. The quantitative estimate of drug-likeness (QED) is 0.686. The van der Waals surface area contributed by atoms with Crippen LogP contribution in [0.5, 0.6) is 0 Å². The normalized spacial score (nSPS) is 15.8. The van der Waals surface area contributed by atoms with Crippen molar-refractivity contribution in [1.82, 2.24) is 4.90 Å². The van der Waals surface area contributed by atoms with Gasteiger partial charge in [0.05, 0.1) is 0 Å². The van der Waals surface area contributed by atoms with Crippen LogP contribution in [0.25, 0.3) is 0 Å². The van der Waals surface area contributed by atoms with E-state index < -0.39 is 15.1 Å². The van der Waals surface area contributed by atoms with Gasteiger partial charge in [0.15, 0.2) is 9.84 Å². The van der Waals surface area contributed by atoms with Crippen LogP contribution in [-0.2, 0) is 14.6 Å². The van der Waals surface area contributed by atoms with Gasteiger partial charge in [0.2, 0.25) is 5.91 Å². The van der Waals surface area contributed by atoms with E-state index in [-0.39, 0.29) is 11.3 Å². The minimum absolute atomic E-state index is 0.0196. The van der Waals surface area contributed by atoms with E-state index in [1.807, 2.05) is 6.92 Å². The molecule has 6 heteroatoms. The zero-order chi connectivity index (χ0) is 12.2. The van der Waals surface area contributed by atoms with Crippen LogP contribution in [-0.4, -0.2) is 49.7 Å². The van der Waals surface area contributed by atoms with Crippen LogP contribution >= 0.6 is 11.6 Å². The smallest absolute Gasteiger partial charge is 0.240 e. The predicted molar refractivity (Wildman–Crippen MR) is 61.9 cm³/mol. The Morgan fingerprint density at radius 2 is 1.87 bits per heavy atom.